The minimum Gasteiger partial charge on any atom is -0.508 e. The molecule has 0 aliphatic carbocycles. The number of phenolic OH excluding ortho intramolecular Hbond substituents is 1. The van der Waals surface area contributed by atoms with Crippen LogP contribution in [0.15, 0.2) is 24.3 Å². The predicted molar refractivity (Wildman–Crippen MR) is 48.3 cm³/mol. The van der Waals surface area contributed by atoms with Crippen LogP contribution in [-0.2, 0) is 6.42 Å². The molecule has 0 aliphatic rings. The number of hydrogen-bond acceptors (Lipinski definition) is 2. The van der Waals surface area contributed by atoms with Gasteiger partial charge in [0.25, 0.3) is 0 Å². The molecule has 12 heavy (non-hydrogen) atoms. The summed E-state index contributed by atoms with van der Waals surface area (Å²) in [7, 11) is 0. The fourth-order valence-corrected chi connectivity index (χ4v) is 0.942. The lowest BCUT2D eigenvalue weighted by Crippen LogP contribution is -2.09. The highest BCUT2D eigenvalue weighted by atomic mass is 16.3. The Labute approximate surface area is 71.3 Å². The number of benzene rings is 1. The van der Waals surface area contributed by atoms with Gasteiger partial charge in [0.1, 0.15) is 5.75 Å². The zero-order valence-corrected chi connectivity index (χ0v) is 6.75. The topological polar surface area (TPSA) is 70.1 Å². The zero-order valence-electron chi connectivity index (χ0n) is 6.75. The fourth-order valence-electron chi connectivity index (χ4n) is 0.942. The van der Waals surface area contributed by atoms with Crippen LogP contribution in [0.1, 0.15) is 12.0 Å². The third-order valence-corrected chi connectivity index (χ3v) is 1.62. The Balaban J connectivity index is 2.53. The summed E-state index contributed by atoms with van der Waals surface area (Å²) in [5, 5.41) is 16.0. The summed E-state index contributed by atoms with van der Waals surface area (Å²) in [5.41, 5.74) is 6.29. The molecule has 0 saturated carbocycles. The number of amidine groups is 1. The van der Waals surface area contributed by atoms with Crippen LogP contribution in [-0.4, -0.2) is 10.9 Å². The van der Waals surface area contributed by atoms with Gasteiger partial charge in [0, 0.05) is 6.42 Å². The van der Waals surface area contributed by atoms with E-state index in [2.05, 4.69) is 0 Å². The molecule has 0 fully saturated rings. The number of aromatic hydroxyl groups is 1. The highest BCUT2D eigenvalue weighted by Gasteiger charge is 1.94. The van der Waals surface area contributed by atoms with E-state index in [0.29, 0.717) is 6.42 Å². The lowest BCUT2D eigenvalue weighted by Gasteiger charge is -1.99. The van der Waals surface area contributed by atoms with Crippen molar-refractivity contribution in [1.29, 1.82) is 5.41 Å². The van der Waals surface area contributed by atoms with Crippen LogP contribution in [0.3, 0.4) is 0 Å². The summed E-state index contributed by atoms with van der Waals surface area (Å²) in [4.78, 5) is 0. The highest BCUT2D eigenvalue weighted by molar-refractivity contribution is 5.77. The van der Waals surface area contributed by atoms with E-state index in [1.807, 2.05) is 12.1 Å². The number of nitrogens with one attached hydrogen (secondary N) is 1. The van der Waals surface area contributed by atoms with Crippen LogP contribution in [0.25, 0.3) is 0 Å². The maximum absolute atomic E-state index is 8.97. The van der Waals surface area contributed by atoms with Gasteiger partial charge in [-0.2, -0.15) is 0 Å². The summed E-state index contributed by atoms with van der Waals surface area (Å²) in [6, 6.07) is 6.93. The van der Waals surface area contributed by atoms with E-state index >= 15 is 0 Å². The average molecular weight is 164 g/mol. The monoisotopic (exact) mass is 164 g/mol. The lowest BCUT2D eigenvalue weighted by atomic mass is 10.1. The molecule has 4 N–H and O–H groups in total. The average Bonchev–Trinajstić information content (AvgIpc) is 2.03. The first-order chi connectivity index (χ1) is 5.68. The molecule has 0 saturated heterocycles. The molecule has 0 bridgehead atoms. The summed E-state index contributed by atoms with van der Waals surface area (Å²) in [5.74, 6) is 0.463. The van der Waals surface area contributed by atoms with Gasteiger partial charge in [0.05, 0.1) is 5.84 Å². The van der Waals surface area contributed by atoms with E-state index in [1.54, 1.807) is 12.1 Å². The maximum atomic E-state index is 8.97. The molecule has 0 amide bonds. The van der Waals surface area contributed by atoms with Gasteiger partial charge in [-0.1, -0.05) is 12.1 Å². The highest BCUT2D eigenvalue weighted by Crippen LogP contribution is 2.10. The Hall–Kier alpha value is -1.51. The van der Waals surface area contributed by atoms with Crippen molar-refractivity contribution in [2.24, 2.45) is 5.73 Å². The Morgan fingerprint density at radius 1 is 1.33 bits per heavy atom. The van der Waals surface area contributed by atoms with Gasteiger partial charge >= 0.3 is 0 Å². The molecule has 1 rings (SSSR count). The molecule has 1 aromatic carbocycles. The van der Waals surface area contributed by atoms with Gasteiger partial charge in [-0.15, -0.1) is 0 Å². The number of hydrogen-bond donors (Lipinski definition) is 3. The van der Waals surface area contributed by atoms with E-state index in [-0.39, 0.29) is 11.6 Å². The Morgan fingerprint density at radius 2 is 1.92 bits per heavy atom. The van der Waals surface area contributed by atoms with Gasteiger partial charge in [-0.25, -0.2) is 0 Å². The molecule has 0 atom stereocenters. The van der Waals surface area contributed by atoms with Gasteiger partial charge < -0.3 is 10.8 Å². The van der Waals surface area contributed by atoms with Crippen LogP contribution < -0.4 is 5.73 Å². The van der Waals surface area contributed by atoms with Gasteiger partial charge in [-0.3, -0.25) is 5.41 Å². The molecule has 1 aromatic rings. The summed E-state index contributed by atoms with van der Waals surface area (Å²) in [6.45, 7) is 0. The minimum atomic E-state index is 0.197. The third kappa shape index (κ3) is 2.62. The molecule has 3 nitrogen and oxygen atoms in total. The minimum absolute atomic E-state index is 0.197. The van der Waals surface area contributed by atoms with Crippen LogP contribution in [0, 0.1) is 5.41 Å². The number of rotatable bonds is 3. The van der Waals surface area contributed by atoms with Crippen molar-refractivity contribution < 1.29 is 5.11 Å². The van der Waals surface area contributed by atoms with Gasteiger partial charge in [0.2, 0.25) is 0 Å². The normalized spacial score (nSPS) is 9.67. The lowest BCUT2D eigenvalue weighted by molar-refractivity contribution is 0.475. The molecule has 64 valence electrons. The molecule has 0 aromatic heterocycles. The predicted octanol–water partition coefficient (Wildman–Crippen LogP) is 1.26. The molecule has 0 heterocycles. The molecular formula is C9H12N2O. The van der Waals surface area contributed by atoms with Crippen molar-refractivity contribution in [3.63, 3.8) is 0 Å². The van der Waals surface area contributed by atoms with Crippen molar-refractivity contribution in [2.75, 3.05) is 0 Å². The standard InChI is InChI=1S/C9H12N2O/c10-9(11)6-3-7-1-4-8(12)5-2-7/h1-2,4-5,12H,3,6H2,(H3,10,11). The van der Waals surface area contributed by atoms with Crippen LogP contribution in [0.4, 0.5) is 0 Å². The molecular weight excluding hydrogens is 152 g/mol. The summed E-state index contributed by atoms with van der Waals surface area (Å²) >= 11 is 0. The van der Waals surface area contributed by atoms with E-state index in [0.717, 1.165) is 12.0 Å². The van der Waals surface area contributed by atoms with E-state index in [9.17, 15) is 0 Å². The largest absolute Gasteiger partial charge is 0.508 e. The van der Waals surface area contributed by atoms with Gasteiger partial charge in [0.15, 0.2) is 0 Å². The number of nitrogens with two attached hydrogens (primary N) is 1. The van der Waals surface area contributed by atoms with Crippen molar-refractivity contribution >= 4 is 5.84 Å². The number of phenols is 1. The van der Waals surface area contributed by atoms with Crippen molar-refractivity contribution in [3.8, 4) is 5.75 Å². The first-order valence-electron chi connectivity index (χ1n) is 3.79. The van der Waals surface area contributed by atoms with Crippen LogP contribution in [0.5, 0.6) is 5.75 Å². The first-order valence-corrected chi connectivity index (χ1v) is 3.79. The second kappa shape index (κ2) is 3.76. The third-order valence-electron chi connectivity index (χ3n) is 1.62. The maximum Gasteiger partial charge on any atom is 0.115 e. The zero-order chi connectivity index (χ0) is 8.97. The Kier molecular flexibility index (Phi) is 2.69. The van der Waals surface area contributed by atoms with E-state index < -0.39 is 0 Å². The van der Waals surface area contributed by atoms with Gasteiger partial charge in [-0.05, 0) is 24.1 Å². The van der Waals surface area contributed by atoms with E-state index in [4.69, 9.17) is 16.2 Å². The second-order valence-corrected chi connectivity index (χ2v) is 2.69. The van der Waals surface area contributed by atoms with Crippen molar-refractivity contribution in [1.82, 2.24) is 0 Å². The van der Waals surface area contributed by atoms with Crippen LogP contribution >= 0.6 is 0 Å². The molecule has 0 aliphatic heterocycles. The second-order valence-electron chi connectivity index (χ2n) is 2.69. The number of aryl methyl sites for hydroxylation is 1. The molecule has 0 radical (unpaired) electrons. The summed E-state index contributed by atoms with van der Waals surface area (Å²) in [6.07, 6.45) is 1.33. The first kappa shape index (κ1) is 8.59. The molecule has 3 heteroatoms. The molecule has 0 spiro atoms. The van der Waals surface area contributed by atoms with Crippen molar-refractivity contribution in [2.45, 2.75) is 12.8 Å². The van der Waals surface area contributed by atoms with Crippen molar-refractivity contribution in [3.05, 3.63) is 29.8 Å². The smallest absolute Gasteiger partial charge is 0.115 e. The van der Waals surface area contributed by atoms with Crippen LogP contribution in [0.2, 0.25) is 0 Å². The Bertz CT molecular complexity index is 266. The Morgan fingerprint density at radius 3 is 2.42 bits per heavy atom. The summed E-state index contributed by atoms with van der Waals surface area (Å²) < 4.78 is 0. The fraction of sp³-hybridized carbons (Fsp3) is 0.222. The van der Waals surface area contributed by atoms with E-state index in [1.165, 1.54) is 0 Å². The quantitative estimate of drug-likeness (QED) is 0.465. The SMILES string of the molecule is N=C(N)CCc1ccc(O)cc1. The molecule has 0 unspecified atom stereocenters.